The van der Waals surface area contributed by atoms with Gasteiger partial charge in [0.05, 0.1) is 11.6 Å². The topological polar surface area (TPSA) is 99.2 Å². The number of carbonyl (C=O) groups is 2. The molecule has 6 nitrogen and oxygen atoms in total. The van der Waals surface area contributed by atoms with E-state index in [1.165, 1.54) is 0 Å². The standard InChI is InChI=1S/C27H31ClN4O2/c28-23-14-13-22(31-26(33)19-5-1-2-6-19)15-21(23)17-32(25-8-4-3-7-24(25)30)27(34)20-11-9-18(16-29)10-12-20/h9-15,19,24-25H,1-8,17,30H2,(H,31,33). The van der Waals surface area contributed by atoms with Crippen molar-refractivity contribution in [1.82, 2.24) is 4.90 Å². The van der Waals surface area contributed by atoms with Crippen LogP contribution in [0.1, 0.15) is 72.9 Å². The molecule has 2 aromatic carbocycles. The van der Waals surface area contributed by atoms with E-state index in [4.69, 9.17) is 22.6 Å². The van der Waals surface area contributed by atoms with Gasteiger partial charge >= 0.3 is 0 Å². The summed E-state index contributed by atoms with van der Waals surface area (Å²) in [4.78, 5) is 28.1. The Morgan fingerprint density at radius 1 is 1.03 bits per heavy atom. The van der Waals surface area contributed by atoms with Gasteiger partial charge in [0.25, 0.3) is 5.91 Å². The van der Waals surface area contributed by atoms with E-state index >= 15 is 0 Å². The van der Waals surface area contributed by atoms with Gasteiger partial charge in [0.15, 0.2) is 0 Å². The average molecular weight is 479 g/mol. The van der Waals surface area contributed by atoms with Crippen molar-refractivity contribution in [2.75, 3.05) is 5.32 Å². The normalized spacial score (nSPS) is 20.5. The van der Waals surface area contributed by atoms with Crippen LogP contribution in [0.4, 0.5) is 5.69 Å². The van der Waals surface area contributed by atoms with Gasteiger partial charge in [-0.05, 0) is 73.7 Å². The molecule has 2 aliphatic carbocycles. The maximum atomic E-state index is 13.6. The van der Waals surface area contributed by atoms with Gasteiger partial charge in [-0.3, -0.25) is 9.59 Å². The van der Waals surface area contributed by atoms with Crippen molar-refractivity contribution in [3.8, 4) is 6.07 Å². The van der Waals surface area contributed by atoms with E-state index in [9.17, 15) is 9.59 Å². The largest absolute Gasteiger partial charge is 0.330 e. The van der Waals surface area contributed by atoms with Crippen molar-refractivity contribution in [3.05, 3.63) is 64.2 Å². The summed E-state index contributed by atoms with van der Waals surface area (Å²) < 4.78 is 0. The smallest absolute Gasteiger partial charge is 0.254 e. The highest BCUT2D eigenvalue weighted by atomic mass is 35.5. The van der Waals surface area contributed by atoms with Crippen LogP contribution < -0.4 is 11.1 Å². The lowest BCUT2D eigenvalue weighted by Crippen LogP contribution is -2.51. The monoisotopic (exact) mass is 478 g/mol. The Morgan fingerprint density at radius 3 is 2.38 bits per heavy atom. The quantitative estimate of drug-likeness (QED) is 0.592. The van der Waals surface area contributed by atoms with Crippen LogP contribution in [0, 0.1) is 17.2 Å². The fraction of sp³-hybridized carbons (Fsp3) is 0.444. The molecule has 2 saturated carbocycles. The second-order valence-electron chi connectivity index (χ2n) is 9.41. The lowest BCUT2D eigenvalue weighted by atomic mass is 9.89. The van der Waals surface area contributed by atoms with Crippen LogP contribution >= 0.6 is 11.6 Å². The van der Waals surface area contributed by atoms with Crippen LogP contribution in [0.3, 0.4) is 0 Å². The van der Waals surface area contributed by atoms with Crippen molar-refractivity contribution in [2.45, 2.75) is 70.0 Å². The molecule has 2 atom stereocenters. The fourth-order valence-electron chi connectivity index (χ4n) is 5.11. The SMILES string of the molecule is N#Cc1ccc(C(=O)N(Cc2cc(NC(=O)C3CCCC3)ccc2Cl)C2CCCCC2N)cc1. The average Bonchev–Trinajstić information content (AvgIpc) is 3.40. The molecule has 0 radical (unpaired) electrons. The maximum Gasteiger partial charge on any atom is 0.254 e. The third-order valence-electron chi connectivity index (χ3n) is 7.08. The third-order valence-corrected chi connectivity index (χ3v) is 7.45. The summed E-state index contributed by atoms with van der Waals surface area (Å²) in [5, 5.41) is 12.7. The van der Waals surface area contributed by atoms with E-state index in [0.717, 1.165) is 56.9 Å². The molecule has 2 amide bonds. The molecule has 0 aromatic heterocycles. The molecule has 0 aliphatic heterocycles. The van der Waals surface area contributed by atoms with E-state index in [-0.39, 0.29) is 29.8 Å². The Bertz CT molecular complexity index is 1070. The van der Waals surface area contributed by atoms with E-state index in [0.29, 0.717) is 28.4 Å². The van der Waals surface area contributed by atoms with Crippen LogP contribution in [0.15, 0.2) is 42.5 Å². The Kier molecular flexibility index (Phi) is 7.87. The molecule has 7 heteroatoms. The zero-order valence-corrected chi connectivity index (χ0v) is 20.1. The van der Waals surface area contributed by atoms with E-state index < -0.39 is 0 Å². The van der Waals surface area contributed by atoms with Gasteiger partial charge in [-0.25, -0.2) is 0 Å². The summed E-state index contributed by atoms with van der Waals surface area (Å²) in [6.45, 7) is 0.295. The molecule has 3 N–H and O–H groups in total. The van der Waals surface area contributed by atoms with Crippen LogP contribution in [0.5, 0.6) is 0 Å². The number of hydrogen-bond donors (Lipinski definition) is 2. The first-order chi connectivity index (χ1) is 16.5. The lowest BCUT2D eigenvalue weighted by Gasteiger charge is -2.38. The zero-order valence-electron chi connectivity index (χ0n) is 19.3. The van der Waals surface area contributed by atoms with Gasteiger partial charge in [-0.2, -0.15) is 5.26 Å². The second kappa shape index (κ2) is 11.0. The highest BCUT2D eigenvalue weighted by molar-refractivity contribution is 6.31. The number of nitrogens with one attached hydrogen (secondary N) is 1. The van der Waals surface area contributed by atoms with Crippen molar-refractivity contribution in [2.24, 2.45) is 11.7 Å². The Labute approximate surface area is 206 Å². The van der Waals surface area contributed by atoms with Gasteiger partial charge in [-0.15, -0.1) is 0 Å². The van der Waals surface area contributed by atoms with Crippen LogP contribution in [-0.4, -0.2) is 28.8 Å². The summed E-state index contributed by atoms with van der Waals surface area (Å²) in [6, 6.07) is 14.0. The molecule has 2 aliphatic rings. The van der Waals surface area contributed by atoms with Gasteiger partial charge in [0.2, 0.25) is 5.91 Å². The number of rotatable bonds is 6. The third kappa shape index (κ3) is 5.60. The summed E-state index contributed by atoms with van der Waals surface area (Å²) in [7, 11) is 0. The van der Waals surface area contributed by atoms with E-state index in [1.54, 1.807) is 36.4 Å². The minimum atomic E-state index is -0.136. The first-order valence-electron chi connectivity index (χ1n) is 12.1. The maximum absolute atomic E-state index is 13.6. The number of amides is 2. The molecule has 0 heterocycles. The minimum Gasteiger partial charge on any atom is -0.330 e. The molecule has 0 bridgehead atoms. The molecule has 2 fully saturated rings. The van der Waals surface area contributed by atoms with E-state index in [1.807, 2.05) is 11.0 Å². The fourth-order valence-corrected chi connectivity index (χ4v) is 5.29. The number of nitrogens with zero attached hydrogens (tertiary/aromatic N) is 2. The Morgan fingerprint density at radius 2 is 1.71 bits per heavy atom. The molecule has 34 heavy (non-hydrogen) atoms. The lowest BCUT2D eigenvalue weighted by molar-refractivity contribution is -0.119. The number of hydrogen-bond acceptors (Lipinski definition) is 4. The summed E-state index contributed by atoms with van der Waals surface area (Å²) in [5.41, 5.74) is 8.95. The van der Waals surface area contributed by atoms with Crippen molar-refractivity contribution in [1.29, 1.82) is 5.26 Å². The molecule has 178 valence electrons. The minimum absolute atomic E-state index is 0.0468. The number of nitrogens with two attached hydrogens (primary N) is 1. The second-order valence-corrected chi connectivity index (χ2v) is 9.82. The number of anilines is 1. The number of carbonyl (C=O) groups excluding carboxylic acids is 2. The predicted octanol–water partition coefficient (Wildman–Crippen LogP) is 5.25. The van der Waals surface area contributed by atoms with Gasteiger partial charge in [0, 0.05) is 40.8 Å². The van der Waals surface area contributed by atoms with Gasteiger partial charge in [0.1, 0.15) is 0 Å². The molecule has 0 saturated heterocycles. The molecule has 0 spiro atoms. The molecule has 4 rings (SSSR count). The van der Waals surface area contributed by atoms with Gasteiger partial charge < -0.3 is 16.0 Å². The number of nitriles is 1. The number of halogens is 1. The Hall–Kier alpha value is -2.88. The van der Waals surface area contributed by atoms with Crippen molar-refractivity contribution >= 4 is 29.1 Å². The van der Waals surface area contributed by atoms with Crippen molar-refractivity contribution < 1.29 is 9.59 Å². The van der Waals surface area contributed by atoms with Crippen molar-refractivity contribution in [3.63, 3.8) is 0 Å². The molecule has 2 unspecified atom stereocenters. The van der Waals surface area contributed by atoms with E-state index in [2.05, 4.69) is 11.4 Å². The Balaban J connectivity index is 1.59. The molecular weight excluding hydrogens is 448 g/mol. The highest BCUT2D eigenvalue weighted by Crippen LogP contribution is 2.30. The van der Waals surface area contributed by atoms with Crippen LogP contribution in [-0.2, 0) is 11.3 Å². The van der Waals surface area contributed by atoms with Crippen LogP contribution in [0.2, 0.25) is 5.02 Å². The summed E-state index contributed by atoms with van der Waals surface area (Å²) in [5.74, 6) is -0.0253. The predicted molar refractivity (Wildman–Crippen MR) is 133 cm³/mol. The summed E-state index contributed by atoms with van der Waals surface area (Å²) in [6.07, 6.45) is 7.82. The highest BCUT2D eigenvalue weighted by Gasteiger charge is 2.32. The molecular formula is C27H31ClN4O2. The summed E-state index contributed by atoms with van der Waals surface area (Å²) >= 11 is 6.55. The first kappa shape index (κ1) is 24.3. The van der Waals surface area contributed by atoms with Gasteiger partial charge in [-0.1, -0.05) is 37.3 Å². The van der Waals surface area contributed by atoms with Crippen LogP contribution in [0.25, 0.3) is 0 Å². The number of benzene rings is 2. The first-order valence-corrected chi connectivity index (χ1v) is 12.5. The zero-order chi connectivity index (χ0) is 24.1. The molecule has 2 aromatic rings.